The van der Waals surface area contributed by atoms with Crippen molar-refractivity contribution in [3.63, 3.8) is 0 Å². The minimum absolute atomic E-state index is 0.0621. The number of hydrogen-bond donors (Lipinski definition) is 1. The van der Waals surface area contributed by atoms with Gasteiger partial charge in [-0.15, -0.1) is 0 Å². The van der Waals surface area contributed by atoms with Gasteiger partial charge in [-0.25, -0.2) is 4.98 Å². The third kappa shape index (κ3) is 4.69. The number of pyridine rings is 1. The quantitative estimate of drug-likeness (QED) is 0.829. The summed E-state index contributed by atoms with van der Waals surface area (Å²) in [5.41, 5.74) is 1.91. The molecule has 26 heavy (non-hydrogen) atoms. The van der Waals surface area contributed by atoms with E-state index in [2.05, 4.69) is 26.2 Å². The zero-order valence-electron chi connectivity index (χ0n) is 14.7. The Labute approximate surface area is 161 Å². The van der Waals surface area contributed by atoms with E-state index in [4.69, 9.17) is 0 Å². The van der Waals surface area contributed by atoms with Crippen LogP contribution in [0.5, 0.6) is 0 Å². The third-order valence-corrected chi connectivity index (χ3v) is 5.19. The lowest BCUT2D eigenvalue weighted by atomic mass is 9.96. The molecule has 2 heterocycles. The zero-order chi connectivity index (χ0) is 18.5. The van der Waals surface area contributed by atoms with Gasteiger partial charge in [0, 0.05) is 23.8 Å². The summed E-state index contributed by atoms with van der Waals surface area (Å²) in [4.78, 5) is 31.2. The van der Waals surface area contributed by atoms with E-state index in [9.17, 15) is 9.59 Å². The Morgan fingerprint density at radius 1 is 1.27 bits per heavy atom. The Bertz CT molecular complexity index is 792. The molecule has 3 rings (SSSR count). The number of amides is 2. The summed E-state index contributed by atoms with van der Waals surface area (Å²) in [7, 11) is 0. The molecule has 1 fully saturated rings. The lowest BCUT2D eigenvalue weighted by Gasteiger charge is -2.32. The van der Waals surface area contributed by atoms with Gasteiger partial charge in [-0.2, -0.15) is 0 Å². The van der Waals surface area contributed by atoms with Crippen LogP contribution in [0.1, 0.15) is 24.0 Å². The average molecular weight is 416 g/mol. The Kier molecular flexibility index (Phi) is 6.04. The normalized spacial score (nSPS) is 17.0. The Hall–Kier alpha value is -2.21. The van der Waals surface area contributed by atoms with Crippen LogP contribution in [0.3, 0.4) is 0 Å². The molecule has 6 heteroatoms. The molecule has 1 saturated heterocycles. The van der Waals surface area contributed by atoms with Gasteiger partial charge >= 0.3 is 0 Å². The van der Waals surface area contributed by atoms with Crippen LogP contribution in [-0.2, 0) is 16.0 Å². The van der Waals surface area contributed by atoms with Crippen LogP contribution in [0.4, 0.5) is 5.82 Å². The monoisotopic (exact) mass is 415 g/mol. The molecule has 1 unspecified atom stereocenters. The number of hydrogen-bond acceptors (Lipinski definition) is 3. The molecule has 0 radical (unpaired) electrons. The molecule has 2 aromatic rings. The molecule has 136 valence electrons. The fraction of sp³-hybridized carbons (Fsp3) is 0.350. The van der Waals surface area contributed by atoms with Gasteiger partial charge in [0.25, 0.3) is 0 Å². The van der Waals surface area contributed by atoms with E-state index < -0.39 is 0 Å². The molecule has 0 bridgehead atoms. The van der Waals surface area contributed by atoms with E-state index in [-0.39, 0.29) is 17.7 Å². The summed E-state index contributed by atoms with van der Waals surface area (Å²) in [6.45, 7) is 3.09. The molecule has 0 aliphatic carbocycles. The smallest absolute Gasteiger partial charge is 0.230 e. The number of halogens is 1. The number of aryl methyl sites for hydroxylation is 1. The molecule has 1 atom stereocenters. The minimum Gasteiger partial charge on any atom is -0.342 e. The molecule has 2 amide bonds. The van der Waals surface area contributed by atoms with Crippen molar-refractivity contribution in [3.8, 4) is 0 Å². The minimum atomic E-state index is -0.195. The van der Waals surface area contributed by atoms with Crippen molar-refractivity contribution in [1.82, 2.24) is 9.88 Å². The Morgan fingerprint density at radius 3 is 2.77 bits per heavy atom. The van der Waals surface area contributed by atoms with Crippen molar-refractivity contribution in [2.45, 2.75) is 26.2 Å². The van der Waals surface area contributed by atoms with Crippen LogP contribution < -0.4 is 5.32 Å². The van der Waals surface area contributed by atoms with E-state index in [0.29, 0.717) is 25.3 Å². The van der Waals surface area contributed by atoms with E-state index >= 15 is 0 Å². The van der Waals surface area contributed by atoms with Crippen molar-refractivity contribution in [1.29, 1.82) is 0 Å². The number of likely N-dealkylation sites (tertiary alicyclic amines) is 1. The standard InChI is InChI=1S/C20H22BrN3O2/c1-14-4-2-10-22-19(14)23-20(26)16-5-3-11-24(13-16)18(25)12-15-6-8-17(21)9-7-15/h2,4,6-10,16H,3,5,11-13H2,1H3,(H,22,23,26). The molecule has 1 aromatic heterocycles. The number of nitrogens with zero attached hydrogens (tertiary/aromatic N) is 2. The Morgan fingerprint density at radius 2 is 2.04 bits per heavy atom. The first-order valence-corrected chi connectivity index (χ1v) is 9.57. The predicted molar refractivity (Wildman–Crippen MR) is 105 cm³/mol. The van der Waals surface area contributed by atoms with E-state index in [1.165, 1.54) is 0 Å². The van der Waals surface area contributed by atoms with Gasteiger partial charge in [0.1, 0.15) is 5.82 Å². The molecule has 0 saturated carbocycles. The highest BCUT2D eigenvalue weighted by Gasteiger charge is 2.28. The van der Waals surface area contributed by atoms with Gasteiger partial charge in [0.2, 0.25) is 11.8 Å². The highest BCUT2D eigenvalue weighted by Crippen LogP contribution is 2.20. The van der Waals surface area contributed by atoms with Crippen LogP contribution in [0.25, 0.3) is 0 Å². The first-order valence-electron chi connectivity index (χ1n) is 8.77. The second-order valence-electron chi connectivity index (χ2n) is 6.64. The van der Waals surface area contributed by atoms with Crippen molar-refractivity contribution in [2.75, 3.05) is 18.4 Å². The van der Waals surface area contributed by atoms with Crippen molar-refractivity contribution in [2.24, 2.45) is 5.92 Å². The highest BCUT2D eigenvalue weighted by molar-refractivity contribution is 9.10. The number of benzene rings is 1. The van der Waals surface area contributed by atoms with Gasteiger partial charge in [0.15, 0.2) is 0 Å². The number of carbonyl (C=O) groups is 2. The van der Waals surface area contributed by atoms with Gasteiger partial charge in [-0.3, -0.25) is 9.59 Å². The number of aromatic nitrogens is 1. The first-order chi connectivity index (χ1) is 12.5. The Balaban J connectivity index is 1.59. The SMILES string of the molecule is Cc1cccnc1NC(=O)C1CCCN(C(=O)Cc2ccc(Br)cc2)C1. The topological polar surface area (TPSA) is 62.3 Å². The second-order valence-corrected chi connectivity index (χ2v) is 7.56. The lowest BCUT2D eigenvalue weighted by Crippen LogP contribution is -2.44. The number of rotatable bonds is 4. The average Bonchev–Trinajstić information content (AvgIpc) is 2.65. The maximum Gasteiger partial charge on any atom is 0.230 e. The van der Waals surface area contributed by atoms with E-state index in [1.54, 1.807) is 11.1 Å². The van der Waals surface area contributed by atoms with Crippen LogP contribution in [0, 0.1) is 12.8 Å². The fourth-order valence-corrected chi connectivity index (χ4v) is 3.41. The maximum absolute atomic E-state index is 12.6. The van der Waals surface area contributed by atoms with Crippen LogP contribution in [-0.4, -0.2) is 34.8 Å². The second kappa shape index (κ2) is 8.45. The zero-order valence-corrected chi connectivity index (χ0v) is 16.3. The molecule has 1 aliphatic heterocycles. The summed E-state index contributed by atoms with van der Waals surface area (Å²) < 4.78 is 0.994. The number of nitrogens with one attached hydrogen (secondary N) is 1. The summed E-state index contributed by atoms with van der Waals surface area (Å²) in [5, 5.41) is 2.90. The number of carbonyl (C=O) groups excluding carboxylic acids is 2. The first kappa shape index (κ1) is 18.6. The largest absolute Gasteiger partial charge is 0.342 e. The molecule has 0 spiro atoms. The summed E-state index contributed by atoms with van der Waals surface area (Å²) in [5.74, 6) is 0.404. The third-order valence-electron chi connectivity index (χ3n) is 4.66. The molecular weight excluding hydrogens is 394 g/mol. The van der Waals surface area contributed by atoms with Crippen molar-refractivity contribution >= 4 is 33.6 Å². The van der Waals surface area contributed by atoms with E-state index in [0.717, 1.165) is 28.4 Å². The molecular formula is C20H22BrN3O2. The van der Waals surface area contributed by atoms with Gasteiger partial charge in [-0.05, 0) is 49.1 Å². The lowest BCUT2D eigenvalue weighted by molar-refractivity contribution is -0.133. The van der Waals surface area contributed by atoms with Crippen molar-refractivity contribution < 1.29 is 9.59 Å². The highest BCUT2D eigenvalue weighted by atomic mass is 79.9. The van der Waals surface area contributed by atoms with Gasteiger partial charge in [0.05, 0.1) is 12.3 Å². The fourth-order valence-electron chi connectivity index (χ4n) is 3.14. The van der Waals surface area contributed by atoms with Gasteiger partial charge in [-0.1, -0.05) is 34.1 Å². The maximum atomic E-state index is 12.6. The molecule has 1 N–H and O–H groups in total. The van der Waals surface area contributed by atoms with Crippen LogP contribution in [0.15, 0.2) is 47.1 Å². The number of anilines is 1. The summed E-state index contributed by atoms with van der Waals surface area (Å²) >= 11 is 3.40. The summed E-state index contributed by atoms with van der Waals surface area (Å²) in [6, 6.07) is 11.5. The summed E-state index contributed by atoms with van der Waals surface area (Å²) in [6.07, 6.45) is 3.66. The van der Waals surface area contributed by atoms with Crippen molar-refractivity contribution in [3.05, 3.63) is 58.2 Å². The predicted octanol–water partition coefficient (Wildman–Crippen LogP) is 3.57. The van der Waals surface area contributed by atoms with E-state index in [1.807, 2.05) is 43.3 Å². The van der Waals surface area contributed by atoms with Crippen LogP contribution >= 0.6 is 15.9 Å². The number of piperidine rings is 1. The molecule has 5 nitrogen and oxygen atoms in total. The van der Waals surface area contributed by atoms with Gasteiger partial charge < -0.3 is 10.2 Å². The van der Waals surface area contributed by atoms with Crippen LogP contribution in [0.2, 0.25) is 0 Å². The molecule has 1 aromatic carbocycles. The molecule has 1 aliphatic rings.